The maximum absolute atomic E-state index is 12.0. The first-order valence-corrected chi connectivity index (χ1v) is 2.93. The van der Waals surface area contributed by atoms with Gasteiger partial charge in [0.15, 0.2) is 0 Å². The fourth-order valence-corrected chi connectivity index (χ4v) is 0.719. The van der Waals surface area contributed by atoms with Gasteiger partial charge in [-0.2, -0.15) is 8.78 Å². The minimum Gasteiger partial charge on any atom is -0.300 e. The van der Waals surface area contributed by atoms with Gasteiger partial charge in [-0.3, -0.25) is 4.99 Å². The van der Waals surface area contributed by atoms with Crippen LogP contribution in [-0.4, -0.2) is 24.3 Å². The molecule has 0 aliphatic carbocycles. The minimum absolute atomic E-state index is 0.0694. The molecule has 0 atom stereocenters. The van der Waals surface area contributed by atoms with Gasteiger partial charge in [-0.1, -0.05) is 0 Å². The standard InChI is InChI=1S/C6H8F2N2/c1-5-2-3-9-4-10(5)6(7)8/h2-3,6H,4H2,1H3. The first kappa shape index (κ1) is 7.18. The van der Waals surface area contributed by atoms with Crippen molar-refractivity contribution in [2.75, 3.05) is 6.67 Å². The van der Waals surface area contributed by atoms with Crippen LogP contribution in [0.4, 0.5) is 8.78 Å². The lowest BCUT2D eigenvalue weighted by atomic mass is 10.4. The number of alkyl halides is 2. The summed E-state index contributed by atoms with van der Waals surface area (Å²) in [7, 11) is 0. The number of halogens is 2. The Morgan fingerprint density at radius 2 is 2.40 bits per heavy atom. The summed E-state index contributed by atoms with van der Waals surface area (Å²) in [5.74, 6) is 0. The van der Waals surface area contributed by atoms with Gasteiger partial charge in [0.1, 0.15) is 6.67 Å². The zero-order valence-electron chi connectivity index (χ0n) is 5.59. The summed E-state index contributed by atoms with van der Waals surface area (Å²) < 4.78 is 24.0. The summed E-state index contributed by atoms with van der Waals surface area (Å²) in [4.78, 5) is 4.61. The van der Waals surface area contributed by atoms with Crippen molar-refractivity contribution in [3.8, 4) is 0 Å². The smallest absolute Gasteiger partial charge is 0.300 e. The lowest BCUT2D eigenvalue weighted by Crippen LogP contribution is -2.29. The minimum atomic E-state index is -2.44. The van der Waals surface area contributed by atoms with Crippen LogP contribution < -0.4 is 0 Å². The van der Waals surface area contributed by atoms with Crippen LogP contribution >= 0.6 is 0 Å². The van der Waals surface area contributed by atoms with Crippen molar-refractivity contribution in [3.05, 3.63) is 11.8 Å². The number of rotatable bonds is 1. The van der Waals surface area contributed by atoms with Crippen LogP contribution in [0, 0.1) is 0 Å². The van der Waals surface area contributed by atoms with E-state index in [1.165, 1.54) is 6.21 Å². The van der Waals surface area contributed by atoms with E-state index in [0.717, 1.165) is 4.90 Å². The van der Waals surface area contributed by atoms with Gasteiger partial charge < -0.3 is 4.90 Å². The molecule has 0 N–H and O–H groups in total. The normalized spacial score (nSPS) is 18.0. The summed E-state index contributed by atoms with van der Waals surface area (Å²) in [6.45, 7) is -0.731. The molecule has 2 nitrogen and oxygen atoms in total. The molecule has 0 aromatic carbocycles. The van der Waals surface area contributed by atoms with Gasteiger partial charge in [-0.05, 0) is 13.0 Å². The van der Waals surface area contributed by atoms with Crippen LogP contribution in [0.2, 0.25) is 0 Å². The van der Waals surface area contributed by atoms with Gasteiger partial charge in [-0.25, -0.2) is 0 Å². The second kappa shape index (κ2) is 2.77. The van der Waals surface area contributed by atoms with Crippen molar-refractivity contribution in [2.45, 2.75) is 13.5 Å². The van der Waals surface area contributed by atoms with E-state index in [1.807, 2.05) is 0 Å². The first-order valence-electron chi connectivity index (χ1n) is 2.93. The maximum Gasteiger partial charge on any atom is 0.316 e. The monoisotopic (exact) mass is 146 g/mol. The SMILES string of the molecule is CC1=CC=NCN1C(F)F. The molecule has 0 bridgehead atoms. The Morgan fingerprint density at radius 1 is 1.70 bits per heavy atom. The number of aliphatic imine (C=N–C) groups is 1. The second-order valence-corrected chi connectivity index (χ2v) is 2.03. The Kier molecular flexibility index (Phi) is 1.99. The third-order valence-corrected chi connectivity index (χ3v) is 1.34. The molecule has 0 fully saturated rings. The van der Waals surface area contributed by atoms with E-state index >= 15 is 0 Å². The average molecular weight is 146 g/mol. The highest BCUT2D eigenvalue weighted by atomic mass is 19.3. The summed E-state index contributed by atoms with van der Waals surface area (Å²) in [6, 6.07) is 0. The van der Waals surface area contributed by atoms with Crippen molar-refractivity contribution in [1.29, 1.82) is 0 Å². The van der Waals surface area contributed by atoms with Crippen LogP contribution in [0.25, 0.3) is 0 Å². The predicted molar refractivity (Wildman–Crippen MR) is 35.0 cm³/mol. The van der Waals surface area contributed by atoms with Crippen molar-refractivity contribution in [2.24, 2.45) is 4.99 Å². The van der Waals surface area contributed by atoms with Gasteiger partial charge in [-0.15, -0.1) is 0 Å². The molecule has 0 saturated heterocycles. The molecule has 1 aliphatic rings. The molecule has 56 valence electrons. The fraction of sp³-hybridized carbons (Fsp3) is 0.500. The van der Waals surface area contributed by atoms with Crippen LogP contribution in [0.15, 0.2) is 16.8 Å². The molecule has 0 spiro atoms. The number of allylic oxidation sites excluding steroid dienone is 2. The summed E-state index contributed by atoms with van der Waals surface area (Å²) >= 11 is 0. The summed E-state index contributed by atoms with van der Waals surface area (Å²) in [5.41, 5.74) is 0.560. The Hall–Kier alpha value is -0.930. The zero-order valence-corrected chi connectivity index (χ0v) is 5.59. The Morgan fingerprint density at radius 3 is 2.80 bits per heavy atom. The predicted octanol–water partition coefficient (Wildman–Crippen LogP) is 1.46. The second-order valence-electron chi connectivity index (χ2n) is 2.03. The molecule has 0 radical (unpaired) electrons. The highest BCUT2D eigenvalue weighted by Gasteiger charge is 2.16. The van der Waals surface area contributed by atoms with E-state index in [2.05, 4.69) is 4.99 Å². The fourth-order valence-electron chi connectivity index (χ4n) is 0.719. The van der Waals surface area contributed by atoms with Crippen molar-refractivity contribution in [1.82, 2.24) is 4.90 Å². The third kappa shape index (κ3) is 1.32. The lowest BCUT2D eigenvalue weighted by molar-refractivity contribution is -0.00160. The summed E-state index contributed by atoms with van der Waals surface area (Å²) in [5, 5.41) is 0. The summed E-state index contributed by atoms with van der Waals surface area (Å²) in [6.07, 6.45) is 3.10. The van der Waals surface area contributed by atoms with Crippen molar-refractivity contribution in [3.63, 3.8) is 0 Å². The van der Waals surface area contributed by atoms with Gasteiger partial charge in [0.2, 0.25) is 0 Å². The number of hydrogen-bond donors (Lipinski definition) is 0. The largest absolute Gasteiger partial charge is 0.316 e. The van der Waals surface area contributed by atoms with E-state index in [9.17, 15) is 8.78 Å². The Labute approximate surface area is 57.9 Å². The van der Waals surface area contributed by atoms with E-state index in [0.29, 0.717) is 5.70 Å². The Balaban J connectivity index is 2.64. The Bertz CT molecular complexity index is 175. The molecule has 1 aliphatic heterocycles. The molecule has 0 amide bonds. The average Bonchev–Trinajstić information content (AvgIpc) is 1.88. The van der Waals surface area contributed by atoms with E-state index in [4.69, 9.17) is 0 Å². The highest BCUT2D eigenvalue weighted by molar-refractivity contribution is 5.72. The van der Waals surface area contributed by atoms with E-state index in [1.54, 1.807) is 13.0 Å². The maximum atomic E-state index is 12.0. The molecule has 0 unspecified atom stereocenters. The third-order valence-electron chi connectivity index (χ3n) is 1.34. The van der Waals surface area contributed by atoms with Crippen LogP contribution in [-0.2, 0) is 0 Å². The number of nitrogens with zero attached hydrogens (tertiary/aromatic N) is 2. The zero-order chi connectivity index (χ0) is 7.56. The van der Waals surface area contributed by atoms with Gasteiger partial charge in [0.05, 0.1) is 0 Å². The van der Waals surface area contributed by atoms with E-state index in [-0.39, 0.29) is 6.67 Å². The molecule has 0 saturated carbocycles. The molecular weight excluding hydrogens is 138 g/mol. The highest BCUT2D eigenvalue weighted by Crippen LogP contribution is 2.12. The molecular formula is C6H8F2N2. The van der Waals surface area contributed by atoms with Crippen LogP contribution in [0.3, 0.4) is 0 Å². The molecule has 1 heterocycles. The van der Waals surface area contributed by atoms with Gasteiger partial charge in [0.25, 0.3) is 0 Å². The molecule has 10 heavy (non-hydrogen) atoms. The molecule has 0 aromatic rings. The molecule has 1 rings (SSSR count). The lowest BCUT2D eigenvalue weighted by Gasteiger charge is -2.23. The van der Waals surface area contributed by atoms with Crippen molar-refractivity contribution >= 4 is 6.21 Å². The van der Waals surface area contributed by atoms with E-state index < -0.39 is 6.55 Å². The quantitative estimate of drug-likeness (QED) is 0.511. The molecule has 0 aromatic heterocycles. The van der Waals surface area contributed by atoms with Gasteiger partial charge in [0, 0.05) is 11.9 Å². The molecule has 4 heteroatoms. The van der Waals surface area contributed by atoms with Crippen LogP contribution in [0.5, 0.6) is 0 Å². The first-order chi connectivity index (χ1) is 4.72. The van der Waals surface area contributed by atoms with Crippen LogP contribution in [0.1, 0.15) is 6.92 Å². The topological polar surface area (TPSA) is 15.6 Å². The number of hydrogen-bond acceptors (Lipinski definition) is 2. The van der Waals surface area contributed by atoms with Crippen molar-refractivity contribution < 1.29 is 8.78 Å². The van der Waals surface area contributed by atoms with Gasteiger partial charge >= 0.3 is 6.55 Å².